The highest BCUT2D eigenvalue weighted by Gasteiger charge is 2.11. The molecule has 0 fully saturated rings. The van der Waals surface area contributed by atoms with E-state index in [1.165, 1.54) is 24.3 Å². The predicted octanol–water partition coefficient (Wildman–Crippen LogP) is 3.32. The van der Waals surface area contributed by atoms with Gasteiger partial charge >= 0.3 is 0 Å². The van der Waals surface area contributed by atoms with Crippen molar-refractivity contribution in [1.29, 1.82) is 0 Å². The first-order valence-electron chi connectivity index (χ1n) is 5.40. The smallest absolute Gasteiger partial charge is 0.200 e. The number of aromatic hydroxyl groups is 3. The minimum atomic E-state index is -0.572. The highest BCUT2D eigenvalue weighted by molar-refractivity contribution is 9.10. The summed E-state index contributed by atoms with van der Waals surface area (Å²) >= 11 is 3.27. The lowest BCUT2D eigenvalue weighted by Gasteiger charge is -2.11. The van der Waals surface area contributed by atoms with E-state index in [1.807, 2.05) is 0 Å². The Labute approximate surface area is 117 Å². The summed E-state index contributed by atoms with van der Waals surface area (Å²) in [5.74, 6) is -1.76. The maximum Gasteiger partial charge on any atom is 0.200 e. The third kappa shape index (κ3) is 2.90. The summed E-state index contributed by atoms with van der Waals surface area (Å²) in [4.78, 5) is 0. The summed E-state index contributed by atoms with van der Waals surface area (Å²) in [6, 6.07) is 6.92. The van der Waals surface area contributed by atoms with Gasteiger partial charge in [0.15, 0.2) is 11.5 Å². The Balaban J connectivity index is 2.19. The summed E-state index contributed by atoms with van der Waals surface area (Å²) in [7, 11) is 0. The average molecular weight is 328 g/mol. The largest absolute Gasteiger partial charge is 0.504 e. The van der Waals surface area contributed by atoms with Crippen LogP contribution in [0.1, 0.15) is 5.56 Å². The monoisotopic (exact) mass is 327 g/mol. The zero-order chi connectivity index (χ0) is 14.0. The van der Waals surface area contributed by atoms with Gasteiger partial charge < -0.3 is 20.6 Å². The van der Waals surface area contributed by atoms with Gasteiger partial charge in [0.2, 0.25) is 5.75 Å². The van der Waals surface area contributed by atoms with Gasteiger partial charge in [-0.1, -0.05) is 0 Å². The normalized spacial score (nSPS) is 10.4. The van der Waals surface area contributed by atoms with Crippen molar-refractivity contribution in [1.82, 2.24) is 0 Å². The fraction of sp³-hybridized carbons (Fsp3) is 0.0769. The molecule has 0 aliphatic rings. The van der Waals surface area contributed by atoms with Crippen LogP contribution in [0.4, 0.5) is 10.1 Å². The van der Waals surface area contributed by atoms with Gasteiger partial charge in [0.25, 0.3) is 0 Å². The lowest BCUT2D eigenvalue weighted by molar-refractivity contribution is 0.365. The van der Waals surface area contributed by atoms with Gasteiger partial charge in [-0.25, -0.2) is 4.39 Å². The number of phenolic OH excluding ortho intramolecular Hbond substituents is 3. The third-order valence-corrected chi connectivity index (χ3v) is 3.30. The number of phenols is 3. The SMILES string of the molecule is Oc1ccc(CNc2cc(F)ccc2Br)c(O)c1O. The van der Waals surface area contributed by atoms with E-state index in [4.69, 9.17) is 0 Å². The third-order valence-electron chi connectivity index (χ3n) is 2.61. The fourth-order valence-corrected chi connectivity index (χ4v) is 1.96. The van der Waals surface area contributed by atoms with Crippen LogP contribution in [0, 0.1) is 5.82 Å². The summed E-state index contributed by atoms with van der Waals surface area (Å²) in [6.45, 7) is 0.168. The molecule has 2 rings (SSSR count). The Bertz CT molecular complexity index is 619. The number of nitrogens with one attached hydrogen (secondary N) is 1. The van der Waals surface area contributed by atoms with Crippen LogP contribution in [0.15, 0.2) is 34.8 Å². The highest BCUT2D eigenvalue weighted by atomic mass is 79.9. The van der Waals surface area contributed by atoms with Gasteiger partial charge in [0, 0.05) is 16.6 Å². The quantitative estimate of drug-likeness (QED) is 0.652. The summed E-state index contributed by atoms with van der Waals surface area (Å²) in [5, 5.41) is 31.2. The van der Waals surface area contributed by atoms with Crippen LogP contribution < -0.4 is 5.32 Å². The second-order valence-corrected chi connectivity index (χ2v) is 4.77. The fourth-order valence-electron chi connectivity index (χ4n) is 1.58. The Hall–Kier alpha value is -1.95. The van der Waals surface area contributed by atoms with Crippen molar-refractivity contribution >= 4 is 21.6 Å². The van der Waals surface area contributed by atoms with Gasteiger partial charge in [-0.15, -0.1) is 0 Å². The van der Waals surface area contributed by atoms with E-state index < -0.39 is 17.2 Å². The Kier molecular flexibility index (Phi) is 3.80. The van der Waals surface area contributed by atoms with Gasteiger partial charge in [0.05, 0.1) is 5.69 Å². The number of hydrogen-bond donors (Lipinski definition) is 4. The van der Waals surface area contributed by atoms with Crippen LogP contribution in [0.5, 0.6) is 17.2 Å². The van der Waals surface area contributed by atoms with Crippen LogP contribution in [0.25, 0.3) is 0 Å². The average Bonchev–Trinajstić information content (AvgIpc) is 2.39. The molecule has 0 unspecified atom stereocenters. The molecule has 100 valence electrons. The first-order chi connectivity index (χ1) is 8.99. The van der Waals surface area contributed by atoms with Crippen LogP contribution in [0.3, 0.4) is 0 Å². The van der Waals surface area contributed by atoms with E-state index in [9.17, 15) is 19.7 Å². The van der Waals surface area contributed by atoms with Crippen molar-refractivity contribution in [2.75, 3.05) is 5.32 Å². The van der Waals surface area contributed by atoms with Crippen LogP contribution >= 0.6 is 15.9 Å². The number of benzene rings is 2. The molecule has 2 aromatic rings. The molecule has 6 heteroatoms. The zero-order valence-electron chi connectivity index (χ0n) is 9.69. The molecule has 0 aliphatic heterocycles. The molecule has 4 N–H and O–H groups in total. The molecule has 0 aliphatic carbocycles. The molecule has 2 aromatic carbocycles. The van der Waals surface area contributed by atoms with Crippen molar-refractivity contribution in [3.63, 3.8) is 0 Å². The van der Waals surface area contributed by atoms with Crippen molar-refractivity contribution in [2.45, 2.75) is 6.54 Å². The van der Waals surface area contributed by atoms with Crippen molar-refractivity contribution in [2.24, 2.45) is 0 Å². The number of rotatable bonds is 3. The second-order valence-electron chi connectivity index (χ2n) is 3.92. The molecule has 0 atom stereocenters. The molecular formula is C13H11BrFNO3. The first-order valence-corrected chi connectivity index (χ1v) is 6.20. The predicted molar refractivity (Wildman–Crippen MR) is 72.9 cm³/mol. The van der Waals surface area contributed by atoms with E-state index >= 15 is 0 Å². The summed E-state index contributed by atoms with van der Waals surface area (Å²) in [5.41, 5.74) is 0.901. The van der Waals surface area contributed by atoms with Crippen LogP contribution in [-0.2, 0) is 6.54 Å². The number of halogens is 2. The van der Waals surface area contributed by atoms with Gasteiger partial charge in [-0.3, -0.25) is 0 Å². The maximum absolute atomic E-state index is 13.1. The molecular weight excluding hydrogens is 317 g/mol. The summed E-state index contributed by atoms with van der Waals surface area (Å²) in [6.07, 6.45) is 0. The minimum absolute atomic E-state index is 0.168. The van der Waals surface area contributed by atoms with Crippen molar-refractivity contribution in [3.8, 4) is 17.2 Å². The molecule has 0 spiro atoms. The van der Waals surface area contributed by atoms with Gasteiger partial charge in [-0.05, 0) is 46.3 Å². The maximum atomic E-state index is 13.1. The zero-order valence-corrected chi connectivity index (χ0v) is 11.3. The lowest BCUT2D eigenvalue weighted by atomic mass is 10.1. The highest BCUT2D eigenvalue weighted by Crippen LogP contribution is 2.37. The Morgan fingerprint density at radius 1 is 1.05 bits per heavy atom. The van der Waals surface area contributed by atoms with Crippen LogP contribution in [-0.4, -0.2) is 15.3 Å². The molecule has 0 bridgehead atoms. The molecule has 0 heterocycles. The molecule has 0 aromatic heterocycles. The Morgan fingerprint density at radius 2 is 1.79 bits per heavy atom. The molecule has 0 saturated heterocycles. The molecule has 4 nitrogen and oxygen atoms in total. The van der Waals surface area contributed by atoms with E-state index in [0.29, 0.717) is 15.7 Å². The summed E-state index contributed by atoms with van der Waals surface area (Å²) < 4.78 is 13.8. The number of anilines is 1. The molecule has 19 heavy (non-hydrogen) atoms. The first kappa shape index (κ1) is 13.5. The van der Waals surface area contributed by atoms with E-state index in [0.717, 1.165) is 0 Å². The van der Waals surface area contributed by atoms with E-state index in [-0.39, 0.29) is 12.4 Å². The lowest BCUT2D eigenvalue weighted by Crippen LogP contribution is -2.01. The van der Waals surface area contributed by atoms with Crippen molar-refractivity contribution < 1.29 is 19.7 Å². The van der Waals surface area contributed by atoms with E-state index in [2.05, 4.69) is 21.2 Å². The standard InChI is InChI=1S/C13H11BrFNO3/c14-9-3-2-8(15)5-10(9)16-6-7-1-4-11(17)13(19)12(7)18/h1-5,16-19H,6H2. The topological polar surface area (TPSA) is 72.7 Å². The molecule has 0 saturated carbocycles. The number of hydrogen-bond acceptors (Lipinski definition) is 4. The Morgan fingerprint density at radius 3 is 2.53 bits per heavy atom. The molecule has 0 amide bonds. The second kappa shape index (κ2) is 5.36. The van der Waals surface area contributed by atoms with Gasteiger partial charge in [0.1, 0.15) is 5.82 Å². The van der Waals surface area contributed by atoms with E-state index in [1.54, 1.807) is 6.07 Å². The van der Waals surface area contributed by atoms with Crippen molar-refractivity contribution in [3.05, 3.63) is 46.2 Å². The molecule has 0 radical (unpaired) electrons. The van der Waals surface area contributed by atoms with Gasteiger partial charge in [-0.2, -0.15) is 0 Å². The van der Waals surface area contributed by atoms with Crippen LogP contribution in [0.2, 0.25) is 0 Å². The minimum Gasteiger partial charge on any atom is -0.504 e.